The van der Waals surface area contributed by atoms with E-state index in [4.69, 9.17) is 0 Å². The Morgan fingerprint density at radius 1 is 1.67 bits per heavy atom. The van der Waals surface area contributed by atoms with E-state index in [0.29, 0.717) is 0 Å². The molecule has 0 saturated heterocycles. The smallest absolute Gasteiger partial charge is 0.0326 e. The highest BCUT2D eigenvalue weighted by molar-refractivity contribution is 5.13. The summed E-state index contributed by atoms with van der Waals surface area (Å²) in [6.45, 7) is 0. The van der Waals surface area contributed by atoms with Crippen molar-refractivity contribution in [2.45, 2.75) is 12.5 Å². The van der Waals surface area contributed by atoms with Crippen molar-refractivity contribution in [1.82, 2.24) is 5.32 Å². The molecule has 0 aromatic heterocycles. The van der Waals surface area contributed by atoms with E-state index in [-0.39, 0.29) is 0 Å². The minimum atomic E-state index is 0.852. The van der Waals surface area contributed by atoms with Crippen LogP contribution in [0.3, 0.4) is 0 Å². The molecule has 0 aromatic rings. The third-order valence-electron chi connectivity index (χ3n) is 1.49. The highest BCUT2D eigenvalue weighted by Crippen LogP contribution is 2.34. The molecule has 1 nitrogen and oxygen atoms in total. The van der Waals surface area contributed by atoms with Crippen LogP contribution >= 0.6 is 0 Å². The molecular weight excluding hydrogens is 74.1 g/mol. The highest BCUT2D eigenvalue weighted by Gasteiger charge is 2.36. The van der Waals surface area contributed by atoms with Crippen molar-refractivity contribution >= 4 is 0 Å². The Bertz CT molecular complexity index is 96.1. The third kappa shape index (κ3) is 0.171. The molecule has 0 spiro atoms. The zero-order valence-electron chi connectivity index (χ0n) is 3.52. The molecule has 2 aliphatic rings. The third-order valence-corrected chi connectivity index (χ3v) is 1.49. The molecule has 1 aliphatic heterocycles. The molecule has 2 atom stereocenters. The molecular formula is C5H7N. The van der Waals surface area contributed by atoms with Gasteiger partial charge in [-0.05, 0) is 12.6 Å². The van der Waals surface area contributed by atoms with Gasteiger partial charge in [0.2, 0.25) is 0 Å². The maximum atomic E-state index is 3.21. The van der Waals surface area contributed by atoms with Crippen LogP contribution in [0.4, 0.5) is 0 Å². The van der Waals surface area contributed by atoms with Crippen LogP contribution in [0.15, 0.2) is 12.3 Å². The van der Waals surface area contributed by atoms with E-state index >= 15 is 0 Å². The van der Waals surface area contributed by atoms with Crippen molar-refractivity contribution < 1.29 is 0 Å². The molecule has 0 radical (unpaired) electrons. The summed E-state index contributed by atoms with van der Waals surface area (Å²) < 4.78 is 0. The van der Waals surface area contributed by atoms with E-state index < -0.39 is 0 Å². The van der Waals surface area contributed by atoms with Crippen molar-refractivity contribution in [2.75, 3.05) is 0 Å². The lowest BCUT2D eigenvalue weighted by molar-refractivity contribution is 0.870. The van der Waals surface area contributed by atoms with Gasteiger partial charge in [-0.3, -0.25) is 0 Å². The number of fused-ring (bicyclic) bond motifs is 1. The largest absolute Gasteiger partial charge is 0.388 e. The van der Waals surface area contributed by atoms with Gasteiger partial charge in [-0.25, -0.2) is 0 Å². The summed E-state index contributed by atoms with van der Waals surface area (Å²) in [5, 5.41) is 3.21. The monoisotopic (exact) mass is 81.1 g/mol. The van der Waals surface area contributed by atoms with Gasteiger partial charge in [-0.1, -0.05) is 6.08 Å². The van der Waals surface area contributed by atoms with Crippen molar-refractivity contribution in [1.29, 1.82) is 0 Å². The van der Waals surface area contributed by atoms with Gasteiger partial charge in [-0.15, -0.1) is 0 Å². The minimum Gasteiger partial charge on any atom is -0.388 e. The number of hydrogen-bond acceptors (Lipinski definition) is 1. The fourth-order valence-corrected chi connectivity index (χ4v) is 0.922. The van der Waals surface area contributed by atoms with E-state index in [9.17, 15) is 0 Å². The molecule has 1 saturated carbocycles. The zero-order valence-corrected chi connectivity index (χ0v) is 3.52. The first-order chi connectivity index (χ1) is 2.97. The van der Waals surface area contributed by atoms with Crippen molar-refractivity contribution in [2.24, 2.45) is 5.92 Å². The fourth-order valence-electron chi connectivity index (χ4n) is 0.922. The predicted octanol–water partition coefficient (Wildman–Crippen LogP) is 0.492. The average Bonchev–Trinajstić information content (AvgIpc) is 2.17. The van der Waals surface area contributed by atoms with E-state index in [1.165, 1.54) is 6.42 Å². The van der Waals surface area contributed by atoms with Gasteiger partial charge in [0.05, 0.1) is 0 Å². The quantitative estimate of drug-likeness (QED) is 0.447. The van der Waals surface area contributed by atoms with Crippen LogP contribution in [0.2, 0.25) is 0 Å². The molecule has 2 unspecified atom stereocenters. The van der Waals surface area contributed by atoms with Crippen LogP contribution in [0.1, 0.15) is 6.42 Å². The Morgan fingerprint density at radius 3 is 2.83 bits per heavy atom. The molecule has 1 heterocycles. The van der Waals surface area contributed by atoms with E-state index in [2.05, 4.69) is 17.6 Å². The first-order valence-electron chi connectivity index (χ1n) is 2.39. The molecule has 0 amide bonds. The molecule has 6 heavy (non-hydrogen) atoms. The van der Waals surface area contributed by atoms with Gasteiger partial charge in [0.25, 0.3) is 0 Å². The maximum Gasteiger partial charge on any atom is 0.0326 e. The lowest BCUT2D eigenvalue weighted by atomic mass is 10.4. The van der Waals surface area contributed by atoms with Crippen LogP contribution in [-0.4, -0.2) is 6.04 Å². The van der Waals surface area contributed by atoms with Crippen molar-refractivity contribution in [3.05, 3.63) is 12.3 Å². The Morgan fingerprint density at radius 2 is 2.67 bits per heavy atom. The van der Waals surface area contributed by atoms with Crippen molar-refractivity contribution in [3.8, 4) is 0 Å². The summed E-state index contributed by atoms with van der Waals surface area (Å²) in [6, 6.07) is 0.852. The average molecular weight is 81.1 g/mol. The minimum absolute atomic E-state index is 0.852. The molecule has 1 aliphatic carbocycles. The molecule has 1 heteroatoms. The number of nitrogens with one attached hydrogen (secondary N) is 1. The molecule has 0 aromatic carbocycles. The number of rotatable bonds is 0. The summed E-state index contributed by atoms with van der Waals surface area (Å²) in [7, 11) is 0. The van der Waals surface area contributed by atoms with Gasteiger partial charge < -0.3 is 5.32 Å². The van der Waals surface area contributed by atoms with Crippen LogP contribution < -0.4 is 5.32 Å². The Kier molecular flexibility index (Phi) is 0.278. The Hall–Kier alpha value is -0.460. The topological polar surface area (TPSA) is 12.0 Å². The van der Waals surface area contributed by atoms with Gasteiger partial charge in [0.1, 0.15) is 0 Å². The second-order valence-corrected chi connectivity index (χ2v) is 2.03. The van der Waals surface area contributed by atoms with Crippen LogP contribution in [0.25, 0.3) is 0 Å². The Balaban J connectivity index is 2.26. The lowest BCUT2D eigenvalue weighted by Crippen LogP contribution is -2.02. The number of hydrogen-bond donors (Lipinski definition) is 1. The second-order valence-electron chi connectivity index (χ2n) is 2.03. The molecule has 0 bridgehead atoms. The highest BCUT2D eigenvalue weighted by atomic mass is 15.0. The predicted molar refractivity (Wildman–Crippen MR) is 24.2 cm³/mol. The lowest BCUT2D eigenvalue weighted by Gasteiger charge is -1.82. The summed E-state index contributed by atoms with van der Waals surface area (Å²) in [6.07, 6.45) is 5.68. The molecule has 2 rings (SSSR count). The van der Waals surface area contributed by atoms with Crippen LogP contribution in [0, 0.1) is 5.92 Å². The summed E-state index contributed by atoms with van der Waals surface area (Å²) >= 11 is 0. The first-order valence-corrected chi connectivity index (χ1v) is 2.39. The van der Waals surface area contributed by atoms with E-state index in [1.807, 2.05) is 0 Å². The maximum absolute atomic E-state index is 3.21. The SMILES string of the molecule is C1=CC2CC2N1. The summed E-state index contributed by atoms with van der Waals surface area (Å²) in [4.78, 5) is 0. The summed E-state index contributed by atoms with van der Waals surface area (Å²) in [5.74, 6) is 0.921. The molecule has 1 N–H and O–H groups in total. The van der Waals surface area contributed by atoms with Gasteiger partial charge in [-0.2, -0.15) is 0 Å². The van der Waals surface area contributed by atoms with E-state index in [1.54, 1.807) is 0 Å². The van der Waals surface area contributed by atoms with Gasteiger partial charge in [0.15, 0.2) is 0 Å². The standard InChI is InChI=1S/C5H7N/c1-2-6-5-3-4(1)5/h1-2,4-6H,3H2. The second kappa shape index (κ2) is 0.625. The van der Waals surface area contributed by atoms with Crippen molar-refractivity contribution in [3.63, 3.8) is 0 Å². The van der Waals surface area contributed by atoms with E-state index in [0.717, 1.165) is 12.0 Å². The summed E-state index contributed by atoms with van der Waals surface area (Å²) in [5.41, 5.74) is 0. The normalized spacial score (nSPS) is 48.0. The zero-order chi connectivity index (χ0) is 3.98. The first kappa shape index (κ1) is 2.67. The Labute approximate surface area is 37.0 Å². The fraction of sp³-hybridized carbons (Fsp3) is 0.600. The van der Waals surface area contributed by atoms with Crippen LogP contribution in [-0.2, 0) is 0 Å². The molecule has 1 fully saturated rings. The van der Waals surface area contributed by atoms with Gasteiger partial charge in [0, 0.05) is 12.0 Å². The van der Waals surface area contributed by atoms with Gasteiger partial charge >= 0.3 is 0 Å². The molecule has 32 valence electrons. The van der Waals surface area contributed by atoms with Crippen LogP contribution in [0.5, 0.6) is 0 Å².